The van der Waals surface area contributed by atoms with E-state index in [0.29, 0.717) is 0 Å². The molecule has 0 N–H and O–H groups in total. The molecule has 28 heavy (non-hydrogen) atoms. The zero-order valence-corrected chi connectivity index (χ0v) is 16.5. The van der Waals surface area contributed by atoms with Crippen molar-refractivity contribution in [1.29, 1.82) is 0 Å². The second-order valence-corrected chi connectivity index (χ2v) is 9.71. The van der Waals surface area contributed by atoms with Crippen LogP contribution in [-0.2, 0) is 19.7 Å². The summed E-state index contributed by atoms with van der Waals surface area (Å²) in [6, 6.07) is 19.5. The predicted molar refractivity (Wildman–Crippen MR) is 106 cm³/mol. The maximum atomic E-state index is 13.1. The van der Waals surface area contributed by atoms with Crippen molar-refractivity contribution < 1.29 is 21.6 Å². The Bertz CT molecular complexity index is 1180. The highest BCUT2D eigenvalue weighted by Crippen LogP contribution is 2.33. The van der Waals surface area contributed by atoms with Crippen LogP contribution in [0.15, 0.2) is 111 Å². The largest absolute Gasteiger partial charge is 0.488 e. The van der Waals surface area contributed by atoms with Crippen LogP contribution in [0.25, 0.3) is 0 Å². The highest BCUT2D eigenvalue weighted by Gasteiger charge is 2.26. The summed E-state index contributed by atoms with van der Waals surface area (Å²) in [7, 11) is -7.87. The summed E-state index contributed by atoms with van der Waals surface area (Å²) < 4.78 is 57.6. The van der Waals surface area contributed by atoms with Gasteiger partial charge in [0.2, 0.25) is 19.7 Å². The fourth-order valence-corrected chi connectivity index (χ4v) is 5.42. The monoisotopic (exact) mass is 414 g/mol. The topological polar surface area (TPSA) is 77.5 Å². The first-order chi connectivity index (χ1) is 13.4. The Hall–Kier alpha value is -2.90. The SMILES string of the molecule is C=CCOc1ccc(S(=O)(=O)c2ccccc2)cc1S(=O)(=O)c1ccccc1. The van der Waals surface area contributed by atoms with Gasteiger partial charge < -0.3 is 4.74 Å². The lowest BCUT2D eigenvalue weighted by Gasteiger charge is -2.13. The molecule has 0 unspecified atom stereocenters. The maximum Gasteiger partial charge on any atom is 0.210 e. The first-order valence-corrected chi connectivity index (χ1v) is 11.3. The Morgan fingerprint density at radius 2 is 1.25 bits per heavy atom. The molecule has 3 aromatic rings. The van der Waals surface area contributed by atoms with Crippen LogP contribution in [0.2, 0.25) is 0 Å². The smallest absolute Gasteiger partial charge is 0.210 e. The highest BCUT2D eigenvalue weighted by molar-refractivity contribution is 7.92. The second-order valence-electron chi connectivity index (χ2n) is 5.84. The third-order valence-electron chi connectivity index (χ3n) is 3.98. The zero-order valence-electron chi connectivity index (χ0n) is 14.9. The molecule has 0 saturated heterocycles. The van der Waals surface area contributed by atoms with Gasteiger partial charge in [-0.25, -0.2) is 16.8 Å². The van der Waals surface area contributed by atoms with E-state index in [1.54, 1.807) is 36.4 Å². The molecule has 0 heterocycles. The Morgan fingerprint density at radius 3 is 1.79 bits per heavy atom. The average Bonchev–Trinajstić information content (AvgIpc) is 2.73. The van der Waals surface area contributed by atoms with Gasteiger partial charge >= 0.3 is 0 Å². The molecule has 3 rings (SSSR count). The van der Waals surface area contributed by atoms with Gasteiger partial charge in [0, 0.05) is 0 Å². The van der Waals surface area contributed by atoms with Crippen molar-refractivity contribution >= 4 is 19.7 Å². The van der Waals surface area contributed by atoms with Crippen molar-refractivity contribution in [2.24, 2.45) is 0 Å². The van der Waals surface area contributed by atoms with Gasteiger partial charge in [-0.05, 0) is 42.5 Å². The van der Waals surface area contributed by atoms with Crippen molar-refractivity contribution in [2.75, 3.05) is 6.61 Å². The van der Waals surface area contributed by atoms with E-state index in [1.807, 2.05) is 0 Å². The summed E-state index contributed by atoms with van der Waals surface area (Å²) in [4.78, 5) is -0.206. The number of hydrogen-bond acceptors (Lipinski definition) is 5. The molecule has 0 aromatic heterocycles. The molecule has 3 aromatic carbocycles. The minimum atomic E-state index is -3.99. The molecule has 0 spiro atoms. The summed E-state index contributed by atoms with van der Waals surface area (Å²) >= 11 is 0. The van der Waals surface area contributed by atoms with E-state index in [4.69, 9.17) is 4.74 Å². The summed E-state index contributed by atoms with van der Waals surface area (Å²) in [6.07, 6.45) is 1.48. The molecule has 7 heteroatoms. The third-order valence-corrected chi connectivity index (χ3v) is 7.54. The summed E-state index contributed by atoms with van der Waals surface area (Å²) in [6.45, 7) is 3.64. The molecular weight excluding hydrogens is 396 g/mol. The minimum absolute atomic E-state index is 0.0488. The Labute approximate surface area is 164 Å². The standard InChI is InChI=1S/C21H18O5S2/c1-2-15-26-20-14-13-19(27(22,23)17-9-5-3-6-10-17)16-21(20)28(24,25)18-11-7-4-8-12-18/h2-14,16H,1,15H2. The van der Waals surface area contributed by atoms with Crippen LogP contribution >= 0.6 is 0 Å². The van der Waals surface area contributed by atoms with Gasteiger partial charge in [0.05, 0.1) is 14.7 Å². The van der Waals surface area contributed by atoms with E-state index in [2.05, 4.69) is 6.58 Å². The lowest BCUT2D eigenvalue weighted by atomic mass is 10.3. The second kappa shape index (κ2) is 8.00. The number of benzene rings is 3. The van der Waals surface area contributed by atoms with Crippen LogP contribution in [0.5, 0.6) is 5.75 Å². The molecule has 0 saturated carbocycles. The number of ether oxygens (including phenoxy) is 1. The fraction of sp³-hybridized carbons (Fsp3) is 0.0476. The molecule has 0 atom stereocenters. The summed E-state index contributed by atoms with van der Waals surface area (Å²) in [5.74, 6) is 0.0655. The van der Waals surface area contributed by atoms with Gasteiger partial charge in [0.1, 0.15) is 17.3 Å². The lowest BCUT2D eigenvalue weighted by molar-refractivity contribution is 0.353. The number of rotatable bonds is 7. The molecule has 0 fully saturated rings. The van der Waals surface area contributed by atoms with E-state index in [0.717, 1.165) is 6.07 Å². The molecule has 0 amide bonds. The highest BCUT2D eigenvalue weighted by atomic mass is 32.2. The van der Waals surface area contributed by atoms with Crippen LogP contribution < -0.4 is 4.74 Å². The van der Waals surface area contributed by atoms with Gasteiger partial charge in [-0.3, -0.25) is 0 Å². The normalized spacial score (nSPS) is 11.7. The lowest BCUT2D eigenvalue weighted by Crippen LogP contribution is -2.09. The van der Waals surface area contributed by atoms with E-state index < -0.39 is 19.7 Å². The average molecular weight is 415 g/mol. The van der Waals surface area contributed by atoms with Gasteiger partial charge in [-0.15, -0.1) is 0 Å². The van der Waals surface area contributed by atoms with Gasteiger partial charge in [0.15, 0.2) is 0 Å². The Balaban J connectivity index is 2.20. The van der Waals surface area contributed by atoms with Crippen LogP contribution in [0.1, 0.15) is 0 Å². The summed E-state index contributed by atoms with van der Waals surface area (Å²) in [5.41, 5.74) is 0. The zero-order chi connectivity index (χ0) is 20.2. The van der Waals surface area contributed by atoms with Crippen molar-refractivity contribution in [3.8, 4) is 5.75 Å². The molecule has 0 radical (unpaired) electrons. The van der Waals surface area contributed by atoms with Crippen LogP contribution in [-0.4, -0.2) is 23.4 Å². The van der Waals surface area contributed by atoms with E-state index in [-0.39, 0.29) is 31.9 Å². The van der Waals surface area contributed by atoms with Crippen LogP contribution in [0.3, 0.4) is 0 Å². The van der Waals surface area contributed by atoms with Crippen LogP contribution in [0.4, 0.5) is 0 Å². The molecule has 0 aliphatic carbocycles. The van der Waals surface area contributed by atoms with Crippen molar-refractivity contribution in [1.82, 2.24) is 0 Å². The molecule has 0 bridgehead atoms. The summed E-state index contributed by atoms with van der Waals surface area (Å²) in [5, 5.41) is 0. The van der Waals surface area contributed by atoms with E-state index in [9.17, 15) is 16.8 Å². The van der Waals surface area contributed by atoms with Crippen molar-refractivity contribution in [3.63, 3.8) is 0 Å². The molecule has 144 valence electrons. The Kier molecular flexibility index (Phi) is 5.67. The van der Waals surface area contributed by atoms with E-state index >= 15 is 0 Å². The van der Waals surface area contributed by atoms with Gasteiger partial charge in [-0.1, -0.05) is 49.1 Å². The van der Waals surface area contributed by atoms with Crippen LogP contribution in [0, 0.1) is 0 Å². The fourth-order valence-electron chi connectivity index (χ4n) is 2.60. The van der Waals surface area contributed by atoms with Crippen molar-refractivity contribution in [3.05, 3.63) is 91.5 Å². The maximum absolute atomic E-state index is 13.1. The van der Waals surface area contributed by atoms with Gasteiger partial charge in [-0.2, -0.15) is 0 Å². The third kappa shape index (κ3) is 3.85. The molecular formula is C21H18O5S2. The van der Waals surface area contributed by atoms with Crippen molar-refractivity contribution in [2.45, 2.75) is 19.6 Å². The number of hydrogen-bond donors (Lipinski definition) is 0. The molecule has 0 aliphatic rings. The first kappa shape index (κ1) is 19.9. The van der Waals surface area contributed by atoms with E-state index in [1.165, 1.54) is 42.5 Å². The Morgan fingerprint density at radius 1 is 0.714 bits per heavy atom. The number of sulfone groups is 2. The minimum Gasteiger partial charge on any atom is -0.488 e. The first-order valence-electron chi connectivity index (χ1n) is 8.35. The predicted octanol–water partition coefficient (Wildman–Crippen LogP) is 3.92. The molecule has 5 nitrogen and oxygen atoms in total. The molecule has 0 aliphatic heterocycles. The van der Waals surface area contributed by atoms with Gasteiger partial charge in [0.25, 0.3) is 0 Å². The quantitative estimate of drug-likeness (QED) is 0.548.